The second kappa shape index (κ2) is 12.9. The van der Waals surface area contributed by atoms with Crippen molar-refractivity contribution in [2.45, 2.75) is 0 Å². The van der Waals surface area contributed by atoms with Gasteiger partial charge in [0, 0.05) is 54.8 Å². The Morgan fingerprint density at radius 2 is 0.931 bits per heavy atom. The molecule has 58 heavy (non-hydrogen) atoms. The molecule has 0 saturated heterocycles. The van der Waals surface area contributed by atoms with Gasteiger partial charge in [0.2, 0.25) is 0 Å². The zero-order valence-electron chi connectivity index (χ0n) is 31.3. The molecule has 0 fully saturated rings. The second-order valence-corrected chi connectivity index (χ2v) is 14.8. The Bertz CT molecular complexity index is 3500. The van der Waals surface area contributed by atoms with E-state index in [9.17, 15) is 0 Å². The Morgan fingerprint density at radius 1 is 0.362 bits per heavy atom. The van der Waals surface area contributed by atoms with Crippen molar-refractivity contribution in [3.63, 3.8) is 0 Å². The van der Waals surface area contributed by atoms with Gasteiger partial charge in [0.25, 0.3) is 0 Å². The number of benzene rings is 9. The fourth-order valence-electron chi connectivity index (χ4n) is 9.03. The lowest BCUT2D eigenvalue weighted by Gasteiger charge is -2.28. The first-order chi connectivity index (χ1) is 28.8. The summed E-state index contributed by atoms with van der Waals surface area (Å²) in [6.07, 6.45) is 0. The van der Waals surface area contributed by atoms with Crippen molar-refractivity contribution in [3.05, 3.63) is 206 Å². The van der Waals surface area contributed by atoms with Crippen LogP contribution in [0.5, 0.6) is 0 Å². The molecular weight excluding hydrogens is 709 g/mol. The number of fused-ring (bicyclic) bond motifs is 9. The van der Waals surface area contributed by atoms with Crippen LogP contribution in [-0.2, 0) is 0 Å². The first kappa shape index (κ1) is 32.4. The first-order valence-corrected chi connectivity index (χ1v) is 19.7. The third-order valence-electron chi connectivity index (χ3n) is 11.6. The molecule has 12 aromatic rings. The minimum atomic E-state index is 0.804. The van der Waals surface area contributed by atoms with Gasteiger partial charge in [0.15, 0.2) is 11.2 Å². The maximum absolute atomic E-state index is 7.04. The van der Waals surface area contributed by atoms with E-state index in [0.717, 1.165) is 94.4 Å². The number of nitrogens with zero attached hydrogens (tertiary/aromatic N) is 2. The zero-order valence-corrected chi connectivity index (χ0v) is 31.3. The van der Waals surface area contributed by atoms with Crippen molar-refractivity contribution >= 4 is 82.7 Å². The van der Waals surface area contributed by atoms with Gasteiger partial charge in [-0.3, -0.25) is 0 Å². The molecule has 0 saturated carbocycles. The van der Waals surface area contributed by atoms with Crippen LogP contribution in [0.3, 0.4) is 0 Å². The minimum absolute atomic E-state index is 0.804. The number of aromatic nitrogens is 1. The molecular formula is C54H34N2O2. The molecule has 272 valence electrons. The summed E-state index contributed by atoms with van der Waals surface area (Å²) in [4.78, 5) is 2.36. The summed E-state index contributed by atoms with van der Waals surface area (Å²) in [6.45, 7) is 0. The molecule has 4 heteroatoms. The normalized spacial score (nSPS) is 11.8. The van der Waals surface area contributed by atoms with Gasteiger partial charge in [-0.2, -0.15) is 0 Å². The third kappa shape index (κ3) is 4.88. The van der Waals surface area contributed by atoms with Crippen molar-refractivity contribution < 1.29 is 8.83 Å². The van der Waals surface area contributed by atoms with Crippen molar-refractivity contribution in [3.8, 4) is 27.9 Å². The Morgan fingerprint density at radius 3 is 1.69 bits per heavy atom. The predicted molar refractivity (Wildman–Crippen MR) is 241 cm³/mol. The van der Waals surface area contributed by atoms with Crippen LogP contribution in [0, 0.1) is 0 Å². The maximum atomic E-state index is 7.04. The smallest absolute Gasteiger partial charge is 0.160 e. The molecule has 0 aliphatic heterocycles. The van der Waals surface area contributed by atoms with Gasteiger partial charge in [-0.25, -0.2) is 0 Å². The SMILES string of the molecule is c1ccc(-c2ccc(N(c3cccc4c3oc3ccccc34)c3c(-c4cccc5c6ccccc6n(-c6ccccc6)c45)ccc4c3oc3ccccc34)cc2)cc1. The highest BCUT2D eigenvalue weighted by Crippen LogP contribution is 2.51. The molecule has 3 aromatic heterocycles. The van der Waals surface area contributed by atoms with Gasteiger partial charge >= 0.3 is 0 Å². The fraction of sp³-hybridized carbons (Fsp3) is 0. The van der Waals surface area contributed by atoms with Crippen LogP contribution in [0.25, 0.3) is 93.6 Å². The molecule has 3 heterocycles. The van der Waals surface area contributed by atoms with E-state index in [0.29, 0.717) is 0 Å². The molecule has 0 aliphatic rings. The van der Waals surface area contributed by atoms with E-state index in [-0.39, 0.29) is 0 Å². The van der Waals surface area contributed by atoms with Gasteiger partial charge in [-0.05, 0) is 65.7 Å². The Kier molecular flexibility index (Phi) is 7.20. The highest BCUT2D eigenvalue weighted by Gasteiger charge is 2.28. The van der Waals surface area contributed by atoms with E-state index in [1.165, 1.54) is 16.3 Å². The molecule has 4 nitrogen and oxygen atoms in total. The predicted octanol–water partition coefficient (Wildman–Crippen LogP) is 15.4. The lowest BCUT2D eigenvalue weighted by atomic mass is 9.96. The quantitative estimate of drug-likeness (QED) is 0.170. The van der Waals surface area contributed by atoms with Gasteiger partial charge in [0.05, 0.1) is 22.4 Å². The fourth-order valence-corrected chi connectivity index (χ4v) is 9.03. The van der Waals surface area contributed by atoms with Crippen LogP contribution in [0.15, 0.2) is 215 Å². The van der Waals surface area contributed by atoms with E-state index in [2.05, 4.69) is 198 Å². The summed E-state index contributed by atoms with van der Waals surface area (Å²) in [5.41, 5.74) is 14.0. The van der Waals surface area contributed by atoms with E-state index < -0.39 is 0 Å². The summed E-state index contributed by atoms with van der Waals surface area (Å²) in [5.74, 6) is 0. The van der Waals surface area contributed by atoms with Crippen molar-refractivity contribution in [2.24, 2.45) is 0 Å². The van der Waals surface area contributed by atoms with Crippen LogP contribution in [0.4, 0.5) is 17.1 Å². The van der Waals surface area contributed by atoms with Gasteiger partial charge in [-0.15, -0.1) is 0 Å². The van der Waals surface area contributed by atoms with E-state index in [4.69, 9.17) is 8.83 Å². The Balaban J connectivity index is 1.23. The van der Waals surface area contributed by atoms with E-state index >= 15 is 0 Å². The van der Waals surface area contributed by atoms with Crippen LogP contribution >= 0.6 is 0 Å². The molecule has 0 N–H and O–H groups in total. The summed E-state index contributed by atoms with van der Waals surface area (Å²) in [6, 6.07) is 73.1. The topological polar surface area (TPSA) is 34.5 Å². The van der Waals surface area contributed by atoms with E-state index in [1.807, 2.05) is 18.2 Å². The highest BCUT2D eigenvalue weighted by molar-refractivity contribution is 6.20. The summed E-state index contributed by atoms with van der Waals surface area (Å²) < 4.78 is 16.3. The monoisotopic (exact) mass is 742 g/mol. The maximum Gasteiger partial charge on any atom is 0.160 e. The van der Waals surface area contributed by atoms with Gasteiger partial charge in [0.1, 0.15) is 11.2 Å². The van der Waals surface area contributed by atoms with Crippen LogP contribution in [0.2, 0.25) is 0 Å². The standard InChI is InChI=1S/C54H34N2O2/c1-3-15-35(16-4-1)36-29-31-38(32-30-36)56(48-26-14-24-45-40-20-8-11-27-49(40)57-53(45)48)52-44(33-34-46-41-21-9-12-28-50(41)58-54(46)52)43-23-13-22-42-39-19-7-10-25-47(39)55(51(42)43)37-17-5-2-6-18-37/h1-34H. The number of rotatable bonds is 6. The Labute approximate surface area is 334 Å². The van der Waals surface area contributed by atoms with Crippen molar-refractivity contribution in [1.29, 1.82) is 0 Å². The highest BCUT2D eigenvalue weighted by atomic mass is 16.3. The van der Waals surface area contributed by atoms with Crippen molar-refractivity contribution in [2.75, 3.05) is 4.90 Å². The number of furan rings is 2. The molecule has 0 radical (unpaired) electrons. The number of hydrogen-bond acceptors (Lipinski definition) is 3. The molecule has 9 aromatic carbocycles. The molecule has 0 atom stereocenters. The summed E-state index contributed by atoms with van der Waals surface area (Å²) in [7, 11) is 0. The first-order valence-electron chi connectivity index (χ1n) is 19.7. The van der Waals surface area contributed by atoms with Crippen molar-refractivity contribution in [1.82, 2.24) is 4.57 Å². The lowest BCUT2D eigenvalue weighted by molar-refractivity contribution is 0.666. The minimum Gasteiger partial charge on any atom is -0.454 e. The molecule has 0 unspecified atom stereocenters. The molecule has 0 bridgehead atoms. The zero-order chi connectivity index (χ0) is 38.2. The van der Waals surface area contributed by atoms with Crippen LogP contribution < -0.4 is 4.90 Å². The summed E-state index contributed by atoms with van der Waals surface area (Å²) in [5, 5.41) is 6.65. The average Bonchev–Trinajstić information content (AvgIpc) is 3.98. The molecule has 0 aliphatic carbocycles. The average molecular weight is 743 g/mol. The largest absolute Gasteiger partial charge is 0.454 e. The van der Waals surface area contributed by atoms with Crippen LogP contribution in [-0.4, -0.2) is 4.57 Å². The van der Waals surface area contributed by atoms with Gasteiger partial charge in [-0.1, -0.05) is 152 Å². The van der Waals surface area contributed by atoms with Gasteiger partial charge < -0.3 is 18.3 Å². The Hall–Kier alpha value is -7.82. The lowest BCUT2D eigenvalue weighted by Crippen LogP contribution is -2.12. The summed E-state index contributed by atoms with van der Waals surface area (Å²) >= 11 is 0. The third-order valence-corrected chi connectivity index (χ3v) is 11.6. The number of anilines is 3. The molecule has 12 rings (SSSR count). The molecule has 0 amide bonds. The molecule has 0 spiro atoms. The van der Waals surface area contributed by atoms with E-state index in [1.54, 1.807) is 0 Å². The number of hydrogen-bond donors (Lipinski definition) is 0. The number of para-hydroxylation sites is 6. The van der Waals surface area contributed by atoms with Crippen LogP contribution in [0.1, 0.15) is 0 Å². The second-order valence-electron chi connectivity index (χ2n) is 14.8.